The van der Waals surface area contributed by atoms with E-state index in [1.165, 1.54) is 12.1 Å². The number of halogens is 1. The molecule has 0 spiro atoms. The lowest BCUT2D eigenvalue weighted by atomic mass is 10.0. The summed E-state index contributed by atoms with van der Waals surface area (Å²) >= 11 is 0. The zero-order valence-corrected chi connectivity index (χ0v) is 9.95. The van der Waals surface area contributed by atoms with Crippen LogP contribution in [-0.2, 0) is 0 Å². The van der Waals surface area contributed by atoms with Crippen molar-refractivity contribution in [3.8, 4) is 0 Å². The lowest BCUT2D eigenvalue weighted by Gasteiger charge is -2.30. The molecule has 0 aliphatic carbocycles. The van der Waals surface area contributed by atoms with Crippen LogP contribution in [0.2, 0.25) is 0 Å². The van der Waals surface area contributed by atoms with Crippen molar-refractivity contribution in [3.05, 3.63) is 35.1 Å². The molecule has 1 aromatic carbocycles. The molecule has 0 atom stereocenters. The molecule has 1 heterocycles. The number of hydrogen-bond donors (Lipinski definition) is 1. The van der Waals surface area contributed by atoms with E-state index in [-0.39, 0.29) is 17.8 Å². The topological polar surface area (TPSA) is 46.3 Å². The fourth-order valence-electron chi connectivity index (χ4n) is 2.14. The lowest BCUT2D eigenvalue weighted by Crippen LogP contribution is -2.42. The summed E-state index contributed by atoms with van der Waals surface area (Å²) in [7, 11) is 0. The Hall–Kier alpha value is -1.42. The van der Waals surface area contributed by atoms with E-state index in [0.717, 1.165) is 18.4 Å². The van der Waals surface area contributed by atoms with Gasteiger partial charge in [0.15, 0.2) is 0 Å². The molecule has 2 rings (SSSR count). The second-order valence-electron chi connectivity index (χ2n) is 4.65. The highest BCUT2D eigenvalue weighted by Crippen LogP contribution is 2.15. The molecule has 1 fully saturated rings. The number of benzene rings is 1. The van der Waals surface area contributed by atoms with Gasteiger partial charge in [0.25, 0.3) is 5.91 Å². The Kier molecular flexibility index (Phi) is 3.43. The highest BCUT2D eigenvalue weighted by Gasteiger charge is 2.21. The first kappa shape index (κ1) is 12.0. The van der Waals surface area contributed by atoms with Gasteiger partial charge in [0.05, 0.1) is 0 Å². The SMILES string of the molecule is Cc1cc(F)cc(C(=O)N2CCC(N)CC2)c1. The van der Waals surface area contributed by atoms with E-state index in [1.807, 2.05) is 0 Å². The van der Waals surface area contributed by atoms with Crippen molar-refractivity contribution < 1.29 is 9.18 Å². The minimum absolute atomic E-state index is 0.0977. The van der Waals surface area contributed by atoms with Gasteiger partial charge in [0, 0.05) is 24.7 Å². The maximum absolute atomic E-state index is 13.2. The molecule has 17 heavy (non-hydrogen) atoms. The van der Waals surface area contributed by atoms with Crippen molar-refractivity contribution in [2.75, 3.05) is 13.1 Å². The molecule has 4 heteroatoms. The molecule has 1 aromatic rings. The second-order valence-corrected chi connectivity index (χ2v) is 4.65. The lowest BCUT2D eigenvalue weighted by molar-refractivity contribution is 0.0714. The Morgan fingerprint density at radius 1 is 1.35 bits per heavy atom. The van der Waals surface area contributed by atoms with Crippen LogP contribution in [0.15, 0.2) is 18.2 Å². The Morgan fingerprint density at radius 2 is 2.00 bits per heavy atom. The van der Waals surface area contributed by atoms with Crippen LogP contribution in [0.5, 0.6) is 0 Å². The van der Waals surface area contributed by atoms with Crippen molar-refractivity contribution in [1.29, 1.82) is 0 Å². The standard InChI is InChI=1S/C13H17FN2O/c1-9-6-10(8-11(14)7-9)13(17)16-4-2-12(15)3-5-16/h6-8,12H,2-5,15H2,1H3. The number of carbonyl (C=O) groups is 1. The number of carbonyl (C=O) groups excluding carboxylic acids is 1. The van der Waals surface area contributed by atoms with Crippen LogP contribution >= 0.6 is 0 Å². The van der Waals surface area contributed by atoms with Gasteiger partial charge in [-0.1, -0.05) is 0 Å². The minimum atomic E-state index is -0.359. The van der Waals surface area contributed by atoms with Gasteiger partial charge in [-0.05, 0) is 43.5 Å². The molecule has 0 unspecified atom stereocenters. The van der Waals surface area contributed by atoms with E-state index in [1.54, 1.807) is 17.9 Å². The highest BCUT2D eigenvalue weighted by atomic mass is 19.1. The quantitative estimate of drug-likeness (QED) is 0.806. The number of hydrogen-bond acceptors (Lipinski definition) is 2. The summed E-state index contributed by atoms with van der Waals surface area (Å²) in [6.07, 6.45) is 1.64. The van der Waals surface area contributed by atoms with Gasteiger partial charge in [-0.2, -0.15) is 0 Å². The molecule has 0 bridgehead atoms. The van der Waals surface area contributed by atoms with Gasteiger partial charge in [-0.3, -0.25) is 4.79 Å². The summed E-state index contributed by atoms with van der Waals surface area (Å²) in [4.78, 5) is 13.9. The number of amides is 1. The summed E-state index contributed by atoms with van der Waals surface area (Å²) in [5.41, 5.74) is 6.98. The van der Waals surface area contributed by atoms with Crippen LogP contribution < -0.4 is 5.73 Å². The van der Waals surface area contributed by atoms with E-state index < -0.39 is 0 Å². The van der Waals surface area contributed by atoms with Crippen LogP contribution in [0.3, 0.4) is 0 Å². The first-order valence-corrected chi connectivity index (χ1v) is 5.88. The van der Waals surface area contributed by atoms with Crippen LogP contribution in [0, 0.1) is 12.7 Å². The van der Waals surface area contributed by atoms with Crippen molar-refractivity contribution in [3.63, 3.8) is 0 Å². The third kappa shape index (κ3) is 2.82. The van der Waals surface area contributed by atoms with Gasteiger partial charge in [-0.25, -0.2) is 4.39 Å². The van der Waals surface area contributed by atoms with Crippen LogP contribution in [-0.4, -0.2) is 29.9 Å². The molecule has 0 aromatic heterocycles. The normalized spacial score (nSPS) is 17.2. The predicted octanol–water partition coefficient (Wildman–Crippen LogP) is 1.70. The molecular formula is C13H17FN2O. The Bertz CT molecular complexity index is 405. The molecule has 1 aliphatic rings. The molecule has 1 aliphatic heterocycles. The van der Waals surface area contributed by atoms with Crippen LogP contribution in [0.1, 0.15) is 28.8 Å². The Labute approximate surface area is 100 Å². The molecule has 0 saturated carbocycles. The molecule has 2 N–H and O–H groups in total. The molecule has 0 radical (unpaired) electrons. The van der Waals surface area contributed by atoms with E-state index in [0.29, 0.717) is 18.7 Å². The number of nitrogens with zero attached hydrogens (tertiary/aromatic N) is 1. The average Bonchev–Trinajstić information content (AvgIpc) is 2.28. The van der Waals surface area contributed by atoms with Crippen molar-refractivity contribution in [1.82, 2.24) is 4.90 Å². The maximum Gasteiger partial charge on any atom is 0.253 e. The third-order valence-electron chi connectivity index (χ3n) is 3.12. The number of aryl methyl sites for hydroxylation is 1. The van der Waals surface area contributed by atoms with Gasteiger partial charge in [-0.15, -0.1) is 0 Å². The average molecular weight is 236 g/mol. The first-order chi connectivity index (χ1) is 8.06. The van der Waals surface area contributed by atoms with Crippen molar-refractivity contribution in [2.45, 2.75) is 25.8 Å². The summed E-state index contributed by atoms with van der Waals surface area (Å²) in [6, 6.07) is 4.63. The smallest absolute Gasteiger partial charge is 0.253 e. The monoisotopic (exact) mass is 236 g/mol. The first-order valence-electron chi connectivity index (χ1n) is 5.88. The number of rotatable bonds is 1. The third-order valence-corrected chi connectivity index (χ3v) is 3.12. The van der Waals surface area contributed by atoms with Crippen molar-refractivity contribution >= 4 is 5.91 Å². The van der Waals surface area contributed by atoms with Gasteiger partial charge in [0.2, 0.25) is 0 Å². The van der Waals surface area contributed by atoms with Gasteiger partial charge >= 0.3 is 0 Å². The van der Waals surface area contributed by atoms with Gasteiger partial charge < -0.3 is 10.6 Å². The summed E-state index contributed by atoms with van der Waals surface area (Å²) in [6.45, 7) is 3.11. The molecule has 1 saturated heterocycles. The zero-order chi connectivity index (χ0) is 12.4. The summed E-state index contributed by atoms with van der Waals surface area (Å²) < 4.78 is 13.2. The maximum atomic E-state index is 13.2. The van der Waals surface area contributed by atoms with Crippen molar-refractivity contribution in [2.24, 2.45) is 5.73 Å². The largest absolute Gasteiger partial charge is 0.339 e. The minimum Gasteiger partial charge on any atom is -0.339 e. The fourth-order valence-corrected chi connectivity index (χ4v) is 2.14. The van der Waals surface area contributed by atoms with Crippen LogP contribution in [0.25, 0.3) is 0 Å². The number of piperidine rings is 1. The Balaban J connectivity index is 2.14. The van der Waals surface area contributed by atoms with E-state index in [4.69, 9.17) is 5.73 Å². The molecular weight excluding hydrogens is 219 g/mol. The number of nitrogens with two attached hydrogens (primary N) is 1. The van der Waals surface area contributed by atoms with E-state index >= 15 is 0 Å². The number of likely N-dealkylation sites (tertiary alicyclic amines) is 1. The molecule has 92 valence electrons. The second kappa shape index (κ2) is 4.84. The fraction of sp³-hybridized carbons (Fsp3) is 0.462. The zero-order valence-electron chi connectivity index (χ0n) is 9.95. The van der Waals surface area contributed by atoms with E-state index in [2.05, 4.69) is 0 Å². The van der Waals surface area contributed by atoms with Gasteiger partial charge in [0.1, 0.15) is 5.82 Å². The Morgan fingerprint density at radius 3 is 2.59 bits per heavy atom. The molecule has 1 amide bonds. The summed E-state index contributed by atoms with van der Waals surface area (Å²) in [5.74, 6) is -0.457. The van der Waals surface area contributed by atoms with E-state index in [9.17, 15) is 9.18 Å². The predicted molar refractivity (Wildman–Crippen MR) is 64.2 cm³/mol. The van der Waals surface area contributed by atoms with Crippen LogP contribution in [0.4, 0.5) is 4.39 Å². The highest BCUT2D eigenvalue weighted by molar-refractivity contribution is 5.94. The molecule has 3 nitrogen and oxygen atoms in total. The summed E-state index contributed by atoms with van der Waals surface area (Å²) in [5, 5.41) is 0.